The van der Waals surface area contributed by atoms with Gasteiger partial charge in [-0.05, 0) is 52.7 Å². The molecule has 324 valence electrons. The first-order valence-corrected chi connectivity index (χ1v) is 20.1. The normalized spacial score (nSPS) is 15.0. The number of Topliss-reactive ketones (excluding diaryl/α,β-unsaturated/α-hetero) is 1. The molecule has 2 atom stereocenters. The van der Waals surface area contributed by atoms with Crippen molar-refractivity contribution in [2.24, 2.45) is 11.1 Å². The van der Waals surface area contributed by atoms with Crippen LogP contribution in [0.5, 0.6) is 5.75 Å². The standard InChI is InChI=1S/C42H49N7O11S/c1-41(2,3)59-35(52)24-57-48-36(31-25-61-39(46-31)47-40(55)60-42(4,5)6)33(51)18-29-30(45-37(29)53)20-44-38(54)43-19-28-17-32(50)34(56-22-26-13-9-7-10-14-26)21-49(28)58-23-27-15-11-8-12-16-27/h7-17,21,25,29-30H,18-20,22-24H2,1-6H3,(H,45,53)(H2,43,44,54)(H,46,47,55)/b48-36-/t29-,30+/m0/s1. The van der Waals surface area contributed by atoms with Crippen molar-refractivity contribution >= 4 is 52.0 Å². The molecule has 0 spiro atoms. The molecule has 4 N–H and O–H groups in total. The number of hydrogen-bond acceptors (Lipinski definition) is 14. The lowest BCUT2D eigenvalue weighted by Gasteiger charge is -2.36. The highest BCUT2D eigenvalue weighted by atomic mass is 32.1. The molecule has 18 nitrogen and oxygen atoms in total. The van der Waals surface area contributed by atoms with Crippen LogP contribution in [0, 0.1) is 5.92 Å². The summed E-state index contributed by atoms with van der Waals surface area (Å²) in [6, 6.07) is 18.8. The van der Waals surface area contributed by atoms with E-state index in [4.69, 9.17) is 23.9 Å². The van der Waals surface area contributed by atoms with Gasteiger partial charge in [-0.25, -0.2) is 19.4 Å². The highest BCUT2D eigenvalue weighted by Gasteiger charge is 2.41. The van der Waals surface area contributed by atoms with Gasteiger partial charge in [-0.2, -0.15) is 4.73 Å². The van der Waals surface area contributed by atoms with E-state index in [1.807, 2.05) is 60.7 Å². The molecule has 0 radical (unpaired) electrons. The van der Waals surface area contributed by atoms with E-state index in [0.717, 1.165) is 22.5 Å². The van der Waals surface area contributed by atoms with Crippen molar-refractivity contribution in [3.8, 4) is 5.75 Å². The number of amides is 4. The maximum absolute atomic E-state index is 13.7. The van der Waals surface area contributed by atoms with E-state index in [0.29, 0.717) is 5.69 Å². The largest absolute Gasteiger partial charge is 0.483 e. The Labute approximate surface area is 355 Å². The average Bonchev–Trinajstić information content (AvgIpc) is 3.65. The van der Waals surface area contributed by atoms with Crippen LogP contribution in [-0.4, -0.2) is 75.6 Å². The summed E-state index contributed by atoms with van der Waals surface area (Å²) in [7, 11) is 0. The summed E-state index contributed by atoms with van der Waals surface area (Å²) in [5.41, 5.74) is -0.196. The summed E-state index contributed by atoms with van der Waals surface area (Å²) in [6.45, 7) is 9.67. The number of ether oxygens (including phenoxy) is 3. The minimum Gasteiger partial charge on any atom is -0.483 e. The molecular weight excluding hydrogens is 811 g/mol. The fourth-order valence-electron chi connectivity index (χ4n) is 5.58. The number of carbonyl (C=O) groups is 5. The van der Waals surface area contributed by atoms with Crippen LogP contribution >= 0.6 is 11.3 Å². The van der Waals surface area contributed by atoms with Crippen molar-refractivity contribution in [1.29, 1.82) is 0 Å². The first-order chi connectivity index (χ1) is 28.9. The van der Waals surface area contributed by atoms with E-state index in [9.17, 15) is 28.8 Å². The summed E-state index contributed by atoms with van der Waals surface area (Å²) >= 11 is 0.986. The summed E-state index contributed by atoms with van der Waals surface area (Å²) in [5.74, 6) is -2.64. The van der Waals surface area contributed by atoms with E-state index in [-0.39, 0.29) is 55.0 Å². The number of nitrogens with one attached hydrogen (secondary N) is 4. The summed E-state index contributed by atoms with van der Waals surface area (Å²) < 4.78 is 17.7. The van der Waals surface area contributed by atoms with Gasteiger partial charge in [0.15, 0.2) is 22.4 Å². The Balaban J connectivity index is 1.21. The van der Waals surface area contributed by atoms with Gasteiger partial charge in [0.1, 0.15) is 30.1 Å². The van der Waals surface area contributed by atoms with Crippen molar-refractivity contribution in [1.82, 2.24) is 25.7 Å². The number of rotatable bonds is 18. The number of esters is 1. The van der Waals surface area contributed by atoms with Crippen molar-refractivity contribution in [3.63, 3.8) is 0 Å². The van der Waals surface area contributed by atoms with Crippen molar-refractivity contribution < 1.29 is 47.9 Å². The second kappa shape index (κ2) is 20.5. The minimum absolute atomic E-state index is 0.0149. The lowest BCUT2D eigenvalue weighted by molar-refractivity contribution is -0.160. The second-order valence-corrected chi connectivity index (χ2v) is 16.6. The first-order valence-electron chi connectivity index (χ1n) is 19.2. The number of hydrogen-bond donors (Lipinski definition) is 4. The molecule has 1 saturated heterocycles. The number of nitrogens with zero attached hydrogens (tertiary/aromatic N) is 3. The average molecular weight is 860 g/mol. The Bertz CT molecular complexity index is 2270. The molecule has 3 heterocycles. The lowest BCUT2D eigenvalue weighted by Crippen LogP contribution is -2.63. The molecule has 0 saturated carbocycles. The number of aromatic nitrogens is 2. The number of β-lactam (4-membered cyclic amide) rings is 1. The fraction of sp³-hybridized carbons (Fsp3) is 0.381. The number of benzene rings is 2. The van der Waals surface area contributed by atoms with Crippen molar-refractivity contribution in [2.75, 3.05) is 18.5 Å². The highest BCUT2D eigenvalue weighted by molar-refractivity contribution is 7.14. The number of anilines is 1. The van der Waals surface area contributed by atoms with Gasteiger partial charge in [-0.15, -0.1) is 11.3 Å². The third kappa shape index (κ3) is 14.5. The maximum Gasteiger partial charge on any atom is 0.413 e. The molecule has 2 aromatic carbocycles. The van der Waals surface area contributed by atoms with Crippen LogP contribution in [0.1, 0.15) is 70.5 Å². The highest BCUT2D eigenvalue weighted by Crippen LogP contribution is 2.23. The summed E-state index contributed by atoms with van der Waals surface area (Å²) in [6.07, 6.45) is 0.307. The first kappa shape index (κ1) is 45.3. The second-order valence-electron chi connectivity index (χ2n) is 15.7. The third-order valence-corrected chi connectivity index (χ3v) is 9.11. The lowest BCUT2D eigenvalue weighted by atomic mass is 9.85. The molecule has 0 unspecified atom stereocenters. The number of ketones is 1. The van der Waals surface area contributed by atoms with E-state index in [1.54, 1.807) is 41.5 Å². The minimum atomic E-state index is -0.873. The predicted octanol–water partition coefficient (Wildman–Crippen LogP) is 4.50. The van der Waals surface area contributed by atoms with Gasteiger partial charge in [-0.1, -0.05) is 65.8 Å². The molecular formula is C42H49N7O11S. The number of carbonyl (C=O) groups excluding carboxylic acids is 5. The van der Waals surface area contributed by atoms with Crippen LogP contribution in [0.3, 0.4) is 0 Å². The van der Waals surface area contributed by atoms with Gasteiger partial charge in [0.2, 0.25) is 17.9 Å². The maximum atomic E-state index is 13.7. The third-order valence-electron chi connectivity index (χ3n) is 8.35. The van der Waals surface area contributed by atoms with Gasteiger partial charge in [-0.3, -0.25) is 19.7 Å². The summed E-state index contributed by atoms with van der Waals surface area (Å²) in [4.78, 5) is 92.5. The van der Waals surface area contributed by atoms with Crippen molar-refractivity contribution in [3.05, 3.63) is 111 Å². The van der Waals surface area contributed by atoms with E-state index >= 15 is 0 Å². The van der Waals surface area contributed by atoms with Gasteiger partial charge in [0.05, 0.1) is 30.4 Å². The van der Waals surface area contributed by atoms with Crippen molar-refractivity contribution in [2.45, 2.75) is 85.0 Å². The van der Waals surface area contributed by atoms with Crippen LogP contribution in [-0.2, 0) is 48.5 Å². The van der Waals surface area contributed by atoms with Gasteiger partial charge in [0, 0.05) is 24.4 Å². The van der Waals surface area contributed by atoms with E-state index < -0.39 is 65.0 Å². The molecule has 0 bridgehead atoms. The molecule has 19 heteroatoms. The van der Waals surface area contributed by atoms with Gasteiger partial charge >= 0.3 is 18.1 Å². The smallest absolute Gasteiger partial charge is 0.413 e. The predicted molar refractivity (Wildman–Crippen MR) is 224 cm³/mol. The SMILES string of the molecule is CC(C)(C)OC(=O)CO/N=C(\C(=O)C[C@@H]1C(=O)N[C@@H]1CNC(=O)NCc1cc(=O)c(OCc2ccccc2)cn1OCc1ccccc1)c1csc(NC(=O)OC(C)(C)C)n1. The summed E-state index contributed by atoms with van der Waals surface area (Å²) in [5, 5.41) is 16.0. The van der Waals surface area contributed by atoms with Crippen LogP contribution in [0.15, 0.2) is 88.3 Å². The zero-order valence-corrected chi connectivity index (χ0v) is 35.5. The van der Waals surface area contributed by atoms with Crippen LogP contribution < -0.4 is 36.3 Å². The Kier molecular flexibility index (Phi) is 15.2. The number of pyridine rings is 1. The zero-order chi connectivity index (χ0) is 44.2. The molecule has 1 fully saturated rings. The molecule has 1 aliphatic heterocycles. The molecule has 5 rings (SSSR count). The van der Waals surface area contributed by atoms with E-state index in [2.05, 4.69) is 31.4 Å². The molecule has 4 amide bonds. The van der Waals surface area contributed by atoms with Crippen LogP contribution in [0.4, 0.5) is 14.7 Å². The monoisotopic (exact) mass is 859 g/mol. The number of oxime groups is 1. The zero-order valence-electron chi connectivity index (χ0n) is 34.6. The number of thiazole rings is 1. The Morgan fingerprint density at radius 2 is 1.54 bits per heavy atom. The Morgan fingerprint density at radius 1 is 0.885 bits per heavy atom. The molecule has 0 aliphatic carbocycles. The quantitative estimate of drug-likeness (QED) is 0.0470. The number of urea groups is 1. The van der Waals surface area contributed by atoms with Crippen LogP contribution in [0.2, 0.25) is 0 Å². The fourth-order valence-corrected chi connectivity index (χ4v) is 6.26. The van der Waals surface area contributed by atoms with Gasteiger partial charge in [0.25, 0.3) is 0 Å². The van der Waals surface area contributed by atoms with E-state index in [1.165, 1.54) is 22.4 Å². The molecule has 61 heavy (non-hydrogen) atoms. The Hall–Kier alpha value is -6.76. The molecule has 1 aliphatic rings. The van der Waals surface area contributed by atoms with Gasteiger partial charge < -0.3 is 39.8 Å². The van der Waals surface area contributed by atoms with Crippen LogP contribution in [0.25, 0.3) is 0 Å². The molecule has 4 aromatic rings. The topological polar surface area (TPSA) is 227 Å². The molecule has 2 aromatic heterocycles. The Morgan fingerprint density at radius 3 is 2.18 bits per heavy atom.